The van der Waals surface area contributed by atoms with Crippen LogP contribution in [0.25, 0.3) is 0 Å². The highest BCUT2D eigenvalue weighted by Gasteiger charge is 2.21. The average molecular weight is 321 g/mol. The Balaban J connectivity index is 1.40. The molecular weight excluding hydrogens is 302 g/mol. The number of amides is 1. The van der Waals surface area contributed by atoms with Gasteiger partial charge in [-0.3, -0.25) is 14.7 Å². The Morgan fingerprint density at radius 1 is 1.55 bits per heavy atom. The third-order valence-corrected chi connectivity index (χ3v) is 4.36. The number of nitrogens with zero attached hydrogens (tertiary/aromatic N) is 2. The summed E-state index contributed by atoms with van der Waals surface area (Å²) in [6, 6.07) is 3.89. The Bertz CT molecular complexity index is 571. The molecule has 6 nitrogen and oxygen atoms in total. The first-order chi connectivity index (χ1) is 10.8. The van der Waals surface area contributed by atoms with Crippen molar-refractivity contribution in [3.05, 3.63) is 40.7 Å². The smallest absolute Gasteiger partial charge is 0.262 e. The standard InChI is InChI=1S/C15H19N3O3S/c19-15(14-8-16-11-22-14)17-4-3-13-10-18(5-7-21-13)9-12-2-1-6-20-12/h1-2,6,8,11,13H,3-5,7,9-10H2,(H,17,19)/t13-/m0/s1. The van der Waals surface area contributed by atoms with Crippen LogP contribution in [-0.2, 0) is 11.3 Å². The van der Waals surface area contributed by atoms with E-state index in [0.717, 1.165) is 31.8 Å². The summed E-state index contributed by atoms with van der Waals surface area (Å²) in [4.78, 5) is 18.7. The fourth-order valence-electron chi connectivity index (χ4n) is 2.48. The fraction of sp³-hybridized carbons (Fsp3) is 0.467. The van der Waals surface area contributed by atoms with Crippen molar-refractivity contribution in [1.82, 2.24) is 15.2 Å². The number of hydrogen-bond acceptors (Lipinski definition) is 6. The van der Waals surface area contributed by atoms with Gasteiger partial charge in [0.2, 0.25) is 0 Å². The highest BCUT2D eigenvalue weighted by molar-refractivity contribution is 7.11. The van der Waals surface area contributed by atoms with Crippen molar-refractivity contribution in [2.75, 3.05) is 26.2 Å². The van der Waals surface area contributed by atoms with Crippen molar-refractivity contribution >= 4 is 17.2 Å². The number of ether oxygens (including phenoxy) is 1. The molecule has 118 valence electrons. The normalized spacial score (nSPS) is 19.2. The third-order valence-electron chi connectivity index (χ3n) is 3.59. The van der Waals surface area contributed by atoms with Crippen molar-refractivity contribution in [2.45, 2.75) is 19.1 Å². The summed E-state index contributed by atoms with van der Waals surface area (Å²) < 4.78 is 11.1. The molecule has 2 aromatic rings. The zero-order chi connectivity index (χ0) is 15.2. The quantitative estimate of drug-likeness (QED) is 0.878. The zero-order valence-electron chi connectivity index (χ0n) is 12.2. The minimum absolute atomic E-state index is 0.0641. The molecule has 0 radical (unpaired) electrons. The maximum absolute atomic E-state index is 11.8. The molecule has 1 aliphatic rings. The molecule has 0 aromatic carbocycles. The van der Waals surface area contributed by atoms with Crippen LogP contribution in [0.5, 0.6) is 0 Å². The maximum atomic E-state index is 11.8. The molecule has 0 bridgehead atoms. The number of carbonyl (C=O) groups excluding carboxylic acids is 1. The second-order valence-corrected chi connectivity index (χ2v) is 6.10. The molecule has 0 saturated carbocycles. The van der Waals surface area contributed by atoms with Crippen LogP contribution >= 0.6 is 11.3 Å². The number of thiazole rings is 1. The first-order valence-electron chi connectivity index (χ1n) is 7.34. The highest BCUT2D eigenvalue weighted by atomic mass is 32.1. The molecule has 1 atom stereocenters. The number of furan rings is 1. The minimum atomic E-state index is -0.0641. The molecule has 1 N–H and O–H groups in total. The van der Waals surface area contributed by atoms with Crippen molar-refractivity contribution in [3.8, 4) is 0 Å². The van der Waals surface area contributed by atoms with Crippen LogP contribution in [0.15, 0.2) is 34.5 Å². The Morgan fingerprint density at radius 2 is 2.50 bits per heavy atom. The van der Waals surface area contributed by atoms with Gasteiger partial charge in [-0.15, -0.1) is 11.3 Å². The lowest BCUT2D eigenvalue weighted by Crippen LogP contribution is -2.43. The van der Waals surface area contributed by atoms with Crippen LogP contribution in [0, 0.1) is 0 Å². The zero-order valence-corrected chi connectivity index (χ0v) is 13.1. The predicted octanol–water partition coefficient (Wildman–Crippen LogP) is 1.76. The van der Waals surface area contributed by atoms with E-state index in [9.17, 15) is 4.79 Å². The molecule has 22 heavy (non-hydrogen) atoms. The summed E-state index contributed by atoms with van der Waals surface area (Å²) in [5, 5.41) is 2.91. The Hall–Kier alpha value is -1.70. The second-order valence-electron chi connectivity index (χ2n) is 5.22. The molecule has 2 aromatic heterocycles. The second kappa shape index (κ2) is 7.53. The van der Waals surface area contributed by atoms with Crippen molar-refractivity contribution in [2.24, 2.45) is 0 Å². The molecule has 1 fully saturated rings. The molecule has 1 saturated heterocycles. The lowest BCUT2D eigenvalue weighted by molar-refractivity contribution is -0.0358. The largest absolute Gasteiger partial charge is 0.468 e. The van der Waals surface area contributed by atoms with Crippen molar-refractivity contribution in [3.63, 3.8) is 0 Å². The molecule has 1 aliphatic heterocycles. The number of hydrogen-bond donors (Lipinski definition) is 1. The maximum Gasteiger partial charge on any atom is 0.262 e. The Labute approximate surface area is 133 Å². The van der Waals surface area contributed by atoms with E-state index in [1.54, 1.807) is 18.0 Å². The van der Waals surface area contributed by atoms with Gasteiger partial charge in [0.05, 0.1) is 37.2 Å². The number of aromatic nitrogens is 1. The van der Waals surface area contributed by atoms with E-state index < -0.39 is 0 Å². The monoisotopic (exact) mass is 321 g/mol. The lowest BCUT2D eigenvalue weighted by atomic mass is 10.2. The van der Waals surface area contributed by atoms with Gasteiger partial charge in [-0.25, -0.2) is 0 Å². The molecule has 0 aliphatic carbocycles. The molecule has 0 unspecified atom stereocenters. The first-order valence-corrected chi connectivity index (χ1v) is 8.22. The van der Waals surface area contributed by atoms with E-state index in [2.05, 4.69) is 15.2 Å². The van der Waals surface area contributed by atoms with Gasteiger partial charge in [-0.1, -0.05) is 0 Å². The van der Waals surface area contributed by atoms with E-state index >= 15 is 0 Å². The van der Waals surface area contributed by atoms with Crippen LogP contribution in [0.1, 0.15) is 21.9 Å². The molecule has 3 rings (SSSR count). The van der Waals surface area contributed by atoms with Gasteiger partial charge < -0.3 is 14.5 Å². The van der Waals surface area contributed by atoms with E-state index in [0.29, 0.717) is 18.0 Å². The van der Waals surface area contributed by atoms with Crippen molar-refractivity contribution in [1.29, 1.82) is 0 Å². The third kappa shape index (κ3) is 4.16. The van der Waals surface area contributed by atoms with Crippen LogP contribution < -0.4 is 5.32 Å². The average Bonchev–Trinajstić information content (AvgIpc) is 3.21. The number of rotatable bonds is 6. The number of morpholine rings is 1. The Kier molecular flexibility index (Phi) is 5.20. The van der Waals surface area contributed by atoms with Gasteiger partial charge in [-0.05, 0) is 18.6 Å². The van der Waals surface area contributed by atoms with Crippen LogP contribution in [0.4, 0.5) is 0 Å². The molecule has 1 amide bonds. The van der Waals surface area contributed by atoms with Gasteiger partial charge in [-0.2, -0.15) is 0 Å². The van der Waals surface area contributed by atoms with E-state index in [4.69, 9.17) is 9.15 Å². The summed E-state index contributed by atoms with van der Waals surface area (Å²) in [7, 11) is 0. The summed E-state index contributed by atoms with van der Waals surface area (Å²) in [5.41, 5.74) is 1.66. The Morgan fingerprint density at radius 3 is 3.27 bits per heavy atom. The summed E-state index contributed by atoms with van der Waals surface area (Å²) in [5.74, 6) is 0.907. The predicted molar refractivity (Wildman–Crippen MR) is 82.8 cm³/mol. The van der Waals surface area contributed by atoms with Crippen molar-refractivity contribution < 1.29 is 13.9 Å². The van der Waals surface area contributed by atoms with Gasteiger partial charge in [0.25, 0.3) is 5.91 Å². The topological polar surface area (TPSA) is 67.6 Å². The van der Waals surface area contributed by atoms with Gasteiger partial charge in [0, 0.05) is 19.6 Å². The number of carbonyl (C=O) groups is 1. The van der Waals surface area contributed by atoms with Gasteiger partial charge >= 0.3 is 0 Å². The fourth-order valence-corrected chi connectivity index (χ4v) is 3.02. The summed E-state index contributed by atoms with van der Waals surface area (Å²) in [6.45, 7) is 3.89. The van der Waals surface area contributed by atoms with Gasteiger partial charge in [0.15, 0.2) is 0 Å². The lowest BCUT2D eigenvalue weighted by Gasteiger charge is -2.32. The minimum Gasteiger partial charge on any atom is -0.468 e. The van der Waals surface area contributed by atoms with Crippen LogP contribution in [0.2, 0.25) is 0 Å². The molecule has 7 heteroatoms. The van der Waals surface area contributed by atoms with E-state index in [1.165, 1.54) is 11.3 Å². The van der Waals surface area contributed by atoms with Gasteiger partial charge in [0.1, 0.15) is 10.6 Å². The SMILES string of the molecule is O=C(NCC[C@H]1CN(Cc2ccco2)CCO1)c1cncs1. The molecule has 0 spiro atoms. The van der Waals surface area contributed by atoms with E-state index in [1.807, 2.05) is 12.1 Å². The summed E-state index contributed by atoms with van der Waals surface area (Å²) >= 11 is 1.35. The number of nitrogens with one attached hydrogen (secondary N) is 1. The summed E-state index contributed by atoms with van der Waals surface area (Å²) in [6.07, 6.45) is 4.23. The molecular formula is C15H19N3O3S. The van der Waals surface area contributed by atoms with Crippen LogP contribution in [0.3, 0.4) is 0 Å². The van der Waals surface area contributed by atoms with Crippen LogP contribution in [-0.4, -0.2) is 48.1 Å². The highest BCUT2D eigenvalue weighted by Crippen LogP contribution is 2.13. The molecule has 3 heterocycles. The van der Waals surface area contributed by atoms with E-state index in [-0.39, 0.29) is 12.0 Å². The first kappa shape index (κ1) is 15.2.